The number of aliphatic hydroxyl groups excluding tert-OH is 1. The van der Waals surface area contributed by atoms with Gasteiger partial charge in [-0.1, -0.05) is 23.7 Å². The van der Waals surface area contributed by atoms with Gasteiger partial charge in [-0.25, -0.2) is 0 Å². The van der Waals surface area contributed by atoms with E-state index in [2.05, 4.69) is 15.9 Å². The molecule has 1 aliphatic heterocycles. The summed E-state index contributed by atoms with van der Waals surface area (Å²) in [5, 5.41) is 11.7. The minimum atomic E-state index is -0.851. The monoisotopic (exact) mass is 541 g/mol. The van der Waals surface area contributed by atoms with Gasteiger partial charge in [-0.2, -0.15) is 0 Å². The number of ether oxygens (including phenoxy) is 2. The molecule has 8 heteroatoms. The van der Waals surface area contributed by atoms with Crippen LogP contribution in [-0.4, -0.2) is 30.5 Å². The van der Waals surface area contributed by atoms with E-state index in [4.69, 9.17) is 21.1 Å². The third-order valence-corrected chi connectivity index (χ3v) is 6.35. The van der Waals surface area contributed by atoms with Crippen LogP contribution in [0.2, 0.25) is 5.02 Å². The first kappa shape index (κ1) is 23.9. The van der Waals surface area contributed by atoms with Gasteiger partial charge in [-0.05, 0) is 83.0 Å². The molecule has 1 atom stereocenters. The Labute approximate surface area is 210 Å². The maximum atomic E-state index is 13.2. The predicted octanol–water partition coefficient (Wildman–Crippen LogP) is 6.14. The lowest BCUT2D eigenvalue weighted by Crippen LogP contribution is -2.29. The number of amides is 1. The van der Waals surface area contributed by atoms with Crippen molar-refractivity contribution < 1.29 is 24.2 Å². The molecule has 1 N–H and O–H groups in total. The number of Topliss-reactive ketones (excluding diaryl/α,β-unsaturated/α-hetero) is 1. The molecule has 0 saturated carbocycles. The van der Waals surface area contributed by atoms with E-state index in [0.29, 0.717) is 44.4 Å². The first-order valence-electron chi connectivity index (χ1n) is 10.5. The van der Waals surface area contributed by atoms with Crippen LogP contribution in [0.15, 0.2) is 76.8 Å². The van der Waals surface area contributed by atoms with E-state index in [0.717, 1.165) is 0 Å². The zero-order valence-electron chi connectivity index (χ0n) is 18.4. The standard InChI is InChI=1S/C26H21BrClNO5/c1-3-34-19-11-9-18(10-12-19)29-23(15-4-7-17(28)8-5-15)22(25(31)26(29)32)24(30)16-6-13-21(33-2)20(27)14-16/h4-14,23,30H,3H2,1-2H3/b24-22-. The van der Waals surface area contributed by atoms with E-state index in [9.17, 15) is 14.7 Å². The number of anilines is 1. The smallest absolute Gasteiger partial charge is 0.300 e. The lowest BCUT2D eigenvalue weighted by atomic mass is 9.95. The fourth-order valence-electron chi connectivity index (χ4n) is 3.90. The first-order valence-corrected chi connectivity index (χ1v) is 11.7. The highest BCUT2D eigenvalue weighted by molar-refractivity contribution is 9.10. The molecular weight excluding hydrogens is 522 g/mol. The Morgan fingerprint density at radius 1 is 1.06 bits per heavy atom. The van der Waals surface area contributed by atoms with Crippen molar-refractivity contribution in [2.75, 3.05) is 18.6 Å². The van der Waals surface area contributed by atoms with Crippen LogP contribution in [0.3, 0.4) is 0 Å². The van der Waals surface area contributed by atoms with Gasteiger partial charge >= 0.3 is 0 Å². The number of ketones is 1. The van der Waals surface area contributed by atoms with Gasteiger partial charge < -0.3 is 14.6 Å². The van der Waals surface area contributed by atoms with Gasteiger partial charge in [0.1, 0.15) is 17.3 Å². The van der Waals surface area contributed by atoms with E-state index in [-0.39, 0.29) is 11.3 Å². The summed E-state index contributed by atoms with van der Waals surface area (Å²) in [5.41, 5.74) is 1.49. The van der Waals surface area contributed by atoms with Crippen molar-refractivity contribution in [1.82, 2.24) is 0 Å². The van der Waals surface area contributed by atoms with Crippen LogP contribution >= 0.6 is 27.5 Å². The van der Waals surface area contributed by atoms with E-state index in [1.165, 1.54) is 12.0 Å². The second-order valence-corrected chi connectivity index (χ2v) is 8.79. The summed E-state index contributed by atoms with van der Waals surface area (Å²) in [4.78, 5) is 27.8. The number of carbonyl (C=O) groups is 2. The molecule has 0 radical (unpaired) electrons. The van der Waals surface area contributed by atoms with Gasteiger partial charge in [0.05, 0.1) is 29.8 Å². The van der Waals surface area contributed by atoms with Crippen molar-refractivity contribution in [3.8, 4) is 11.5 Å². The van der Waals surface area contributed by atoms with E-state index in [1.807, 2.05) is 6.92 Å². The number of aliphatic hydroxyl groups is 1. The number of rotatable bonds is 6. The van der Waals surface area contributed by atoms with Crippen LogP contribution in [0.4, 0.5) is 5.69 Å². The minimum absolute atomic E-state index is 0.0155. The van der Waals surface area contributed by atoms with Crippen LogP contribution < -0.4 is 14.4 Å². The molecule has 1 unspecified atom stereocenters. The van der Waals surface area contributed by atoms with Crippen LogP contribution in [0, 0.1) is 0 Å². The number of benzene rings is 3. The summed E-state index contributed by atoms with van der Waals surface area (Å²) in [6.07, 6.45) is 0. The average Bonchev–Trinajstić information content (AvgIpc) is 3.10. The lowest BCUT2D eigenvalue weighted by Gasteiger charge is -2.25. The molecule has 1 heterocycles. The quantitative estimate of drug-likeness (QED) is 0.230. The zero-order chi connectivity index (χ0) is 24.4. The van der Waals surface area contributed by atoms with E-state index < -0.39 is 17.7 Å². The molecule has 1 fully saturated rings. The largest absolute Gasteiger partial charge is 0.507 e. The highest BCUT2D eigenvalue weighted by atomic mass is 79.9. The number of halogens is 2. The highest BCUT2D eigenvalue weighted by Crippen LogP contribution is 2.43. The summed E-state index contributed by atoms with van der Waals surface area (Å²) >= 11 is 9.48. The van der Waals surface area contributed by atoms with Crippen molar-refractivity contribution in [2.24, 2.45) is 0 Å². The fourth-order valence-corrected chi connectivity index (χ4v) is 4.56. The maximum absolute atomic E-state index is 13.2. The molecule has 174 valence electrons. The van der Waals surface area contributed by atoms with E-state index >= 15 is 0 Å². The Kier molecular flexibility index (Phi) is 6.95. The molecular formula is C26H21BrClNO5. The molecule has 1 aliphatic rings. The lowest BCUT2D eigenvalue weighted by molar-refractivity contribution is -0.132. The van der Waals surface area contributed by atoms with Crippen molar-refractivity contribution >= 4 is 50.7 Å². The molecule has 0 aromatic heterocycles. The van der Waals surface area contributed by atoms with Gasteiger partial charge in [0.25, 0.3) is 11.7 Å². The number of nitrogens with zero attached hydrogens (tertiary/aromatic N) is 1. The molecule has 0 aliphatic carbocycles. The van der Waals surface area contributed by atoms with Gasteiger partial charge in [0.2, 0.25) is 0 Å². The Hall–Kier alpha value is -3.29. The second-order valence-electron chi connectivity index (χ2n) is 7.50. The SMILES string of the molecule is CCOc1ccc(N2C(=O)C(=O)/C(=C(\O)c3ccc(OC)c(Br)c3)C2c2ccc(Cl)cc2)cc1. The molecule has 1 amide bonds. The fraction of sp³-hybridized carbons (Fsp3) is 0.154. The topological polar surface area (TPSA) is 76.1 Å². The Balaban J connectivity index is 1.88. The highest BCUT2D eigenvalue weighted by Gasteiger charge is 2.47. The summed E-state index contributed by atoms with van der Waals surface area (Å²) in [7, 11) is 1.53. The molecule has 4 rings (SSSR count). The summed E-state index contributed by atoms with van der Waals surface area (Å²) in [5.74, 6) is -0.582. The van der Waals surface area contributed by atoms with E-state index in [1.54, 1.807) is 66.7 Å². The van der Waals surface area contributed by atoms with Crippen molar-refractivity contribution in [3.63, 3.8) is 0 Å². The number of carbonyl (C=O) groups excluding carboxylic acids is 2. The van der Waals surface area contributed by atoms with Gasteiger partial charge in [-0.15, -0.1) is 0 Å². The maximum Gasteiger partial charge on any atom is 0.300 e. The molecule has 3 aromatic carbocycles. The van der Waals surface area contributed by atoms with Crippen molar-refractivity contribution in [1.29, 1.82) is 0 Å². The minimum Gasteiger partial charge on any atom is -0.507 e. The first-order chi connectivity index (χ1) is 16.3. The Bertz CT molecular complexity index is 1270. The van der Waals surface area contributed by atoms with Crippen LogP contribution in [0.25, 0.3) is 5.76 Å². The zero-order valence-corrected chi connectivity index (χ0v) is 20.8. The number of hydrogen-bond donors (Lipinski definition) is 1. The molecule has 0 spiro atoms. The third-order valence-electron chi connectivity index (χ3n) is 5.48. The Morgan fingerprint density at radius 2 is 1.74 bits per heavy atom. The van der Waals surface area contributed by atoms with Gasteiger partial charge in [0.15, 0.2) is 0 Å². The molecule has 0 bridgehead atoms. The van der Waals surface area contributed by atoms with Gasteiger partial charge in [0, 0.05) is 16.3 Å². The van der Waals surface area contributed by atoms with Crippen LogP contribution in [0.5, 0.6) is 11.5 Å². The van der Waals surface area contributed by atoms with Gasteiger partial charge in [-0.3, -0.25) is 14.5 Å². The third kappa shape index (κ3) is 4.41. The number of hydrogen-bond acceptors (Lipinski definition) is 5. The van der Waals surface area contributed by atoms with Crippen molar-refractivity contribution in [3.05, 3.63) is 92.9 Å². The molecule has 6 nitrogen and oxygen atoms in total. The summed E-state index contributed by atoms with van der Waals surface area (Å²) < 4.78 is 11.3. The Morgan fingerprint density at radius 3 is 2.32 bits per heavy atom. The normalized spacial score (nSPS) is 17.2. The number of methoxy groups -OCH3 is 1. The van der Waals surface area contributed by atoms with Crippen LogP contribution in [-0.2, 0) is 9.59 Å². The molecule has 34 heavy (non-hydrogen) atoms. The summed E-state index contributed by atoms with van der Waals surface area (Å²) in [6, 6.07) is 17.8. The molecule has 3 aromatic rings. The summed E-state index contributed by atoms with van der Waals surface area (Å²) in [6.45, 7) is 2.39. The average molecular weight is 543 g/mol. The molecule has 1 saturated heterocycles. The second kappa shape index (κ2) is 9.91. The predicted molar refractivity (Wildman–Crippen MR) is 135 cm³/mol. The van der Waals surface area contributed by atoms with Crippen molar-refractivity contribution in [2.45, 2.75) is 13.0 Å². The van der Waals surface area contributed by atoms with Crippen LogP contribution in [0.1, 0.15) is 24.1 Å².